The summed E-state index contributed by atoms with van der Waals surface area (Å²) in [7, 11) is 0. The van der Waals surface area contributed by atoms with Gasteiger partial charge in [-0.1, -0.05) is 19.1 Å². The lowest BCUT2D eigenvalue weighted by molar-refractivity contribution is 0.289. The monoisotopic (exact) mass is 269 g/mol. The second-order valence-corrected chi connectivity index (χ2v) is 4.93. The van der Waals surface area contributed by atoms with Gasteiger partial charge >= 0.3 is 0 Å². The smallest absolute Gasteiger partial charge is 0.152 e. The van der Waals surface area contributed by atoms with Crippen LogP contribution in [0.2, 0.25) is 0 Å². The number of hydrogen-bond donors (Lipinski definition) is 1. The van der Waals surface area contributed by atoms with Crippen molar-refractivity contribution in [2.24, 2.45) is 0 Å². The van der Waals surface area contributed by atoms with Crippen LogP contribution in [0.3, 0.4) is 0 Å². The zero-order chi connectivity index (χ0) is 13.8. The first-order valence-electron chi connectivity index (χ1n) is 7.20. The number of nitrogens with one attached hydrogen (secondary N) is 1. The van der Waals surface area contributed by atoms with E-state index in [-0.39, 0.29) is 0 Å². The predicted molar refractivity (Wildman–Crippen MR) is 80.1 cm³/mol. The van der Waals surface area contributed by atoms with Gasteiger partial charge in [-0.3, -0.25) is 4.98 Å². The van der Waals surface area contributed by atoms with E-state index in [1.165, 1.54) is 5.56 Å². The maximum absolute atomic E-state index is 5.87. The molecule has 4 heteroatoms. The summed E-state index contributed by atoms with van der Waals surface area (Å²) in [6.45, 7) is 3.81. The summed E-state index contributed by atoms with van der Waals surface area (Å²) in [5.41, 5.74) is 3.18. The van der Waals surface area contributed by atoms with Crippen LogP contribution < -0.4 is 10.1 Å². The van der Waals surface area contributed by atoms with Crippen LogP contribution in [0.15, 0.2) is 30.6 Å². The molecule has 2 aromatic rings. The SMILES string of the molecule is CCCNc1nccnc1-c1cccc2c1OCCC2. The summed E-state index contributed by atoms with van der Waals surface area (Å²) >= 11 is 0. The van der Waals surface area contributed by atoms with Crippen molar-refractivity contribution in [1.29, 1.82) is 0 Å². The quantitative estimate of drug-likeness (QED) is 0.925. The number of aromatic nitrogens is 2. The first-order chi connectivity index (χ1) is 9.90. The van der Waals surface area contributed by atoms with Gasteiger partial charge in [-0.05, 0) is 30.9 Å². The molecule has 1 aliphatic heterocycles. The average Bonchev–Trinajstić information content (AvgIpc) is 2.53. The van der Waals surface area contributed by atoms with E-state index in [0.717, 1.165) is 55.2 Å². The van der Waals surface area contributed by atoms with Crippen LogP contribution in [0.4, 0.5) is 5.82 Å². The van der Waals surface area contributed by atoms with Crippen molar-refractivity contribution >= 4 is 5.82 Å². The van der Waals surface area contributed by atoms with Crippen LogP contribution in [0, 0.1) is 0 Å². The summed E-state index contributed by atoms with van der Waals surface area (Å²) in [5.74, 6) is 1.80. The van der Waals surface area contributed by atoms with E-state index < -0.39 is 0 Å². The third-order valence-corrected chi connectivity index (χ3v) is 3.43. The van der Waals surface area contributed by atoms with Crippen molar-refractivity contribution in [3.63, 3.8) is 0 Å². The molecule has 4 nitrogen and oxygen atoms in total. The standard InChI is InChI=1S/C16H19N3O/c1-2-8-18-16-14(17-9-10-19-16)13-7-3-5-12-6-4-11-20-15(12)13/h3,5,7,9-10H,2,4,6,8,11H2,1H3,(H,18,19). The fourth-order valence-electron chi connectivity index (χ4n) is 2.48. The highest BCUT2D eigenvalue weighted by atomic mass is 16.5. The van der Waals surface area contributed by atoms with Gasteiger partial charge < -0.3 is 10.1 Å². The molecule has 0 unspecified atom stereocenters. The Bertz CT molecular complexity index is 598. The van der Waals surface area contributed by atoms with E-state index in [1.54, 1.807) is 12.4 Å². The zero-order valence-corrected chi connectivity index (χ0v) is 11.7. The lowest BCUT2D eigenvalue weighted by Gasteiger charge is -2.20. The number of nitrogens with zero attached hydrogens (tertiary/aromatic N) is 2. The van der Waals surface area contributed by atoms with Crippen molar-refractivity contribution in [1.82, 2.24) is 9.97 Å². The second-order valence-electron chi connectivity index (χ2n) is 4.93. The van der Waals surface area contributed by atoms with Gasteiger partial charge in [0.1, 0.15) is 11.4 Å². The maximum Gasteiger partial charge on any atom is 0.152 e. The summed E-state index contributed by atoms with van der Waals surface area (Å²) in [5, 5.41) is 3.34. The van der Waals surface area contributed by atoms with Crippen LogP contribution in [0.1, 0.15) is 25.3 Å². The van der Waals surface area contributed by atoms with Crippen LogP contribution in [-0.4, -0.2) is 23.1 Å². The summed E-state index contributed by atoms with van der Waals surface area (Å²) in [4.78, 5) is 8.92. The lowest BCUT2D eigenvalue weighted by atomic mass is 10.0. The van der Waals surface area contributed by atoms with Crippen molar-refractivity contribution < 1.29 is 4.74 Å². The Kier molecular flexibility index (Phi) is 3.81. The minimum atomic E-state index is 0.780. The minimum absolute atomic E-state index is 0.780. The first kappa shape index (κ1) is 12.9. The zero-order valence-electron chi connectivity index (χ0n) is 11.7. The lowest BCUT2D eigenvalue weighted by Crippen LogP contribution is -2.10. The van der Waals surface area contributed by atoms with Crippen molar-refractivity contribution in [2.45, 2.75) is 26.2 Å². The Morgan fingerprint density at radius 2 is 2.15 bits per heavy atom. The maximum atomic E-state index is 5.87. The number of anilines is 1. The van der Waals surface area contributed by atoms with Gasteiger partial charge in [-0.15, -0.1) is 0 Å². The molecule has 0 amide bonds. The van der Waals surface area contributed by atoms with Gasteiger partial charge in [0.15, 0.2) is 5.82 Å². The van der Waals surface area contributed by atoms with Gasteiger partial charge in [0.25, 0.3) is 0 Å². The number of ether oxygens (including phenoxy) is 1. The van der Waals surface area contributed by atoms with Gasteiger partial charge in [-0.2, -0.15) is 0 Å². The second kappa shape index (κ2) is 5.90. The number of benzene rings is 1. The Morgan fingerprint density at radius 3 is 3.05 bits per heavy atom. The number of aryl methyl sites for hydroxylation is 1. The Balaban J connectivity index is 2.05. The first-order valence-corrected chi connectivity index (χ1v) is 7.20. The topological polar surface area (TPSA) is 47.0 Å². The Labute approximate surface area is 119 Å². The normalized spacial score (nSPS) is 13.4. The van der Waals surface area contributed by atoms with E-state index in [0.29, 0.717) is 0 Å². The molecule has 0 aliphatic carbocycles. The molecule has 3 rings (SSSR count). The predicted octanol–water partition coefficient (Wildman–Crippen LogP) is 3.29. The van der Waals surface area contributed by atoms with Crippen LogP contribution in [0.25, 0.3) is 11.3 Å². The van der Waals surface area contributed by atoms with E-state index >= 15 is 0 Å². The van der Waals surface area contributed by atoms with Crippen LogP contribution in [-0.2, 0) is 6.42 Å². The molecule has 0 radical (unpaired) electrons. The largest absolute Gasteiger partial charge is 0.493 e. The van der Waals surface area contributed by atoms with Crippen LogP contribution >= 0.6 is 0 Å². The molecule has 0 saturated heterocycles. The fraction of sp³-hybridized carbons (Fsp3) is 0.375. The molecule has 0 bridgehead atoms. The molecule has 1 aromatic carbocycles. The van der Waals surface area contributed by atoms with E-state index in [2.05, 4.69) is 40.4 Å². The van der Waals surface area contributed by atoms with Gasteiger partial charge in [0.05, 0.1) is 6.61 Å². The fourth-order valence-corrected chi connectivity index (χ4v) is 2.48. The summed E-state index contributed by atoms with van der Waals surface area (Å²) in [6, 6.07) is 6.26. The molecule has 0 saturated carbocycles. The molecular formula is C16H19N3O. The van der Waals surface area contributed by atoms with Crippen molar-refractivity contribution in [3.8, 4) is 17.0 Å². The Morgan fingerprint density at radius 1 is 1.25 bits per heavy atom. The molecule has 1 N–H and O–H groups in total. The minimum Gasteiger partial charge on any atom is -0.493 e. The molecule has 104 valence electrons. The number of para-hydroxylation sites is 1. The van der Waals surface area contributed by atoms with E-state index in [1.807, 2.05) is 0 Å². The molecule has 0 fully saturated rings. The number of fused-ring (bicyclic) bond motifs is 1. The van der Waals surface area contributed by atoms with Crippen LogP contribution in [0.5, 0.6) is 5.75 Å². The number of hydrogen-bond acceptors (Lipinski definition) is 4. The summed E-state index contributed by atoms with van der Waals surface area (Å²) < 4.78 is 5.87. The number of rotatable bonds is 4. The molecule has 0 atom stereocenters. The molecule has 20 heavy (non-hydrogen) atoms. The molecule has 1 aromatic heterocycles. The Hall–Kier alpha value is -2.10. The summed E-state index contributed by atoms with van der Waals surface area (Å²) in [6.07, 6.45) is 6.66. The van der Waals surface area contributed by atoms with E-state index in [9.17, 15) is 0 Å². The highest BCUT2D eigenvalue weighted by Crippen LogP contribution is 2.37. The molecule has 2 heterocycles. The van der Waals surface area contributed by atoms with Crippen molar-refractivity contribution in [2.75, 3.05) is 18.5 Å². The molecular weight excluding hydrogens is 250 g/mol. The molecule has 1 aliphatic rings. The third kappa shape index (κ3) is 2.46. The van der Waals surface area contributed by atoms with Gasteiger partial charge in [0.2, 0.25) is 0 Å². The molecule has 0 spiro atoms. The average molecular weight is 269 g/mol. The van der Waals surface area contributed by atoms with E-state index in [4.69, 9.17) is 4.74 Å². The van der Waals surface area contributed by atoms with Gasteiger partial charge in [0, 0.05) is 24.5 Å². The van der Waals surface area contributed by atoms with Gasteiger partial charge in [-0.25, -0.2) is 4.98 Å². The highest BCUT2D eigenvalue weighted by Gasteiger charge is 2.18. The highest BCUT2D eigenvalue weighted by molar-refractivity contribution is 5.77. The third-order valence-electron chi connectivity index (χ3n) is 3.43. The van der Waals surface area contributed by atoms with Crippen molar-refractivity contribution in [3.05, 3.63) is 36.2 Å².